The van der Waals surface area contributed by atoms with Gasteiger partial charge in [-0.2, -0.15) is 10.2 Å². The van der Waals surface area contributed by atoms with Crippen molar-refractivity contribution in [3.8, 4) is 0 Å². The Hall–Kier alpha value is -3.81. The Morgan fingerprint density at radius 1 is 0.861 bits per heavy atom. The highest BCUT2D eigenvalue weighted by Gasteiger charge is 2.28. The van der Waals surface area contributed by atoms with E-state index < -0.39 is 5.97 Å². The molecule has 8 heteroatoms. The molecule has 0 amide bonds. The number of hydrogen-bond donors (Lipinski definition) is 2. The maximum atomic E-state index is 12.8. The molecule has 2 N–H and O–H groups in total. The molecule has 0 radical (unpaired) electrons. The molecule has 0 saturated heterocycles. The van der Waals surface area contributed by atoms with Crippen molar-refractivity contribution in [1.29, 1.82) is 0 Å². The highest BCUT2D eigenvalue weighted by Crippen LogP contribution is 2.27. The van der Waals surface area contributed by atoms with E-state index in [4.69, 9.17) is 14.7 Å². The summed E-state index contributed by atoms with van der Waals surface area (Å²) in [7, 11) is 0. The number of rotatable bonds is 5. The lowest BCUT2D eigenvalue weighted by Crippen LogP contribution is -2.37. The van der Waals surface area contributed by atoms with Gasteiger partial charge in [-0.15, -0.1) is 0 Å². The molecule has 0 fully saturated rings. The number of esters is 1. The average Bonchev–Trinajstić information content (AvgIpc) is 2.81. The molecule has 0 saturated carbocycles. The molecule has 0 spiro atoms. The van der Waals surface area contributed by atoms with Gasteiger partial charge < -0.3 is 4.74 Å². The van der Waals surface area contributed by atoms with Crippen LogP contribution in [0.4, 0.5) is 0 Å². The number of aliphatic imine (C=N–C) groups is 2. The van der Waals surface area contributed by atoms with Gasteiger partial charge in [-0.25, -0.2) is 4.79 Å². The normalized spacial score (nSPS) is 18.3. The minimum atomic E-state index is -0.566. The van der Waals surface area contributed by atoms with Gasteiger partial charge in [0.2, 0.25) is 0 Å². The van der Waals surface area contributed by atoms with Gasteiger partial charge in [-0.3, -0.25) is 20.8 Å². The summed E-state index contributed by atoms with van der Waals surface area (Å²) in [6.07, 6.45) is 1.67. The fourth-order valence-corrected chi connectivity index (χ4v) is 4.49. The molecule has 2 aromatic rings. The molecular weight excluding hydrogens is 452 g/mol. The highest BCUT2D eigenvalue weighted by molar-refractivity contribution is 6.65. The Morgan fingerprint density at radius 2 is 1.33 bits per heavy atom. The molecule has 4 rings (SSSR count). The van der Waals surface area contributed by atoms with Crippen LogP contribution < -0.4 is 10.9 Å². The minimum Gasteiger partial charge on any atom is -0.461 e. The minimum absolute atomic E-state index is 0.0665. The molecule has 2 aliphatic rings. The van der Waals surface area contributed by atoms with Crippen LogP contribution in [0.3, 0.4) is 0 Å². The summed E-state index contributed by atoms with van der Waals surface area (Å²) in [6, 6.07) is 16.2. The van der Waals surface area contributed by atoms with Crippen molar-refractivity contribution in [2.75, 3.05) is 6.61 Å². The van der Waals surface area contributed by atoms with Crippen LogP contribution in [0.2, 0.25) is 0 Å². The second-order valence-corrected chi connectivity index (χ2v) is 10.3. The number of ether oxygens (including phenoxy) is 1. The van der Waals surface area contributed by atoms with Crippen molar-refractivity contribution in [2.24, 2.45) is 20.2 Å². The van der Waals surface area contributed by atoms with E-state index in [0.29, 0.717) is 17.4 Å². The molecule has 0 aliphatic carbocycles. The Morgan fingerprint density at radius 3 is 1.83 bits per heavy atom. The van der Waals surface area contributed by atoms with Gasteiger partial charge in [0.15, 0.2) is 5.71 Å². The van der Waals surface area contributed by atoms with Crippen molar-refractivity contribution in [1.82, 2.24) is 10.9 Å². The molecule has 36 heavy (non-hydrogen) atoms. The third kappa shape index (κ3) is 5.70. The molecule has 8 nitrogen and oxygen atoms in total. The number of nitrogens with one attached hydrogen (secondary N) is 2. The van der Waals surface area contributed by atoms with Crippen molar-refractivity contribution in [2.45, 2.75) is 65.5 Å². The van der Waals surface area contributed by atoms with Crippen LogP contribution in [0.25, 0.3) is 0 Å². The van der Waals surface area contributed by atoms with Crippen LogP contribution in [-0.4, -0.2) is 46.7 Å². The number of fused-ring (bicyclic) bond motifs is 2. The number of carbonyl (C=O) groups is 1. The van der Waals surface area contributed by atoms with Crippen molar-refractivity contribution in [3.05, 3.63) is 70.8 Å². The van der Waals surface area contributed by atoms with Crippen LogP contribution in [0, 0.1) is 0 Å². The maximum Gasteiger partial charge on any atom is 0.360 e. The Labute approximate surface area is 212 Å². The van der Waals surface area contributed by atoms with Gasteiger partial charge in [-0.05, 0) is 65.5 Å². The molecule has 0 unspecified atom stereocenters. The van der Waals surface area contributed by atoms with E-state index in [9.17, 15) is 4.79 Å². The van der Waals surface area contributed by atoms with Crippen molar-refractivity contribution < 1.29 is 9.53 Å². The van der Waals surface area contributed by atoms with Gasteiger partial charge in [-0.1, -0.05) is 48.5 Å². The van der Waals surface area contributed by atoms with Crippen LogP contribution in [-0.2, 0) is 22.4 Å². The quantitative estimate of drug-likeness (QED) is 0.379. The summed E-state index contributed by atoms with van der Waals surface area (Å²) in [5.74, 6) is 0.699. The fraction of sp³-hybridized carbons (Fsp3) is 0.393. The maximum absolute atomic E-state index is 12.8. The zero-order valence-corrected chi connectivity index (χ0v) is 21.8. The Bertz CT molecular complexity index is 1290. The van der Waals surface area contributed by atoms with Crippen LogP contribution in [0.1, 0.15) is 63.8 Å². The first-order valence-electron chi connectivity index (χ1n) is 12.3. The summed E-state index contributed by atoms with van der Waals surface area (Å²) in [5.41, 5.74) is 10.3. The highest BCUT2D eigenvalue weighted by atomic mass is 16.5. The van der Waals surface area contributed by atoms with E-state index in [1.165, 1.54) is 11.1 Å². The second kappa shape index (κ2) is 10.0. The van der Waals surface area contributed by atoms with Gasteiger partial charge in [0.05, 0.1) is 23.4 Å². The van der Waals surface area contributed by atoms with E-state index in [1.807, 2.05) is 36.4 Å². The van der Waals surface area contributed by atoms with Gasteiger partial charge in [0.1, 0.15) is 11.7 Å². The zero-order chi connectivity index (χ0) is 25.9. The molecule has 0 atom stereocenters. The topological polar surface area (TPSA) is 99.8 Å². The molecule has 0 bridgehead atoms. The predicted octanol–water partition coefficient (Wildman–Crippen LogP) is 4.02. The zero-order valence-electron chi connectivity index (χ0n) is 21.8. The SMILES string of the molecule is CCOC(=O)C(=NNC1=NC(C)(C)Cc2ccccc21)C(C)=NNC1=NC(C)(C)Cc2ccccc21. The first-order valence-corrected chi connectivity index (χ1v) is 12.3. The van der Waals surface area contributed by atoms with Crippen molar-refractivity contribution in [3.63, 3.8) is 0 Å². The van der Waals surface area contributed by atoms with E-state index in [2.05, 4.69) is 60.9 Å². The van der Waals surface area contributed by atoms with E-state index in [0.717, 1.165) is 24.0 Å². The van der Waals surface area contributed by atoms with Gasteiger partial charge >= 0.3 is 5.97 Å². The third-order valence-corrected chi connectivity index (χ3v) is 6.03. The molecule has 188 valence electrons. The van der Waals surface area contributed by atoms with Crippen LogP contribution in [0.15, 0.2) is 68.7 Å². The Balaban J connectivity index is 1.63. The number of benzene rings is 2. The van der Waals surface area contributed by atoms with E-state index >= 15 is 0 Å². The number of carbonyl (C=O) groups excluding carboxylic acids is 1. The standard InChI is InChI=1S/C28H34N6O2/c1-7-36-26(35)23(32-34-25-22-15-11-9-13-20(22)17-28(5,6)30-25)18(2)31-33-24-21-14-10-8-12-19(21)16-27(3,4)29-24/h8-15H,7,16-17H2,1-6H3,(H,29,33)(H,30,34). The van der Waals surface area contributed by atoms with Crippen molar-refractivity contribution >= 4 is 29.1 Å². The molecule has 2 aromatic carbocycles. The number of hydrazone groups is 2. The van der Waals surface area contributed by atoms with E-state index in [1.54, 1.807) is 13.8 Å². The molecule has 2 heterocycles. The van der Waals surface area contributed by atoms with Gasteiger partial charge in [0, 0.05) is 11.1 Å². The third-order valence-electron chi connectivity index (χ3n) is 6.03. The molecular formula is C28H34N6O2. The smallest absolute Gasteiger partial charge is 0.360 e. The first-order chi connectivity index (χ1) is 17.1. The lowest BCUT2D eigenvalue weighted by atomic mass is 9.89. The second-order valence-electron chi connectivity index (χ2n) is 10.3. The lowest BCUT2D eigenvalue weighted by Gasteiger charge is -2.28. The fourth-order valence-electron chi connectivity index (χ4n) is 4.49. The summed E-state index contributed by atoms with van der Waals surface area (Å²) < 4.78 is 5.27. The Kier molecular flexibility index (Phi) is 7.06. The number of amidine groups is 2. The number of nitrogens with zero attached hydrogens (tertiary/aromatic N) is 4. The predicted molar refractivity (Wildman–Crippen MR) is 145 cm³/mol. The summed E-state index contributed by atoms with van der Waals surface area (Å²) in [6.45, 7) is 12.0. The average molecular weight is 487 g/mol. The van der Waals surface area contributed by atoms with Crippen LogP contribution in [0.5, 0.6) is 0 Å². The molecule has 0 aromatic heterocycles. The monoisotopic (exact) mass is 486 g/mol. The summed E-state index contributed by atoms with van der Waals surface area (Å²) in [4.78, 5) is 22.5. The summed E-state index contributed by atoms with van der Waals surface area (Å²) >= 11 is 0. The van der Waals surface area contributed by atoms with Gasteiger partial charge in [0.25, 0.3) is 0 Å². The van der Waals surface area contributed by atoms with Crippen LogP contribution >= 0.6 is 0 Å². The largest absolute Gasteiger partial charge is 0.461 e. The first kappa shape index (κ1) is 25.3. The van der Waals surface area contributed by atoms with E-state index in [-0.39, 0.29) is 23.4 Å². The summed E-state index contributed by atoms with van der Waals surface area (Å²) in [5, 5.41) is 8.89. The molecule has 2 aliphatic heterocycles. The number of hydrogen-bond acceptors (Lipinski definition) is 8. The lowest BCUT2D eigenvalue weighted by molar-refractivity contribution is -0.134.